The fraction of sp³-hybridized carbons (Fsp3) is 0.238. The van der Waals surface area contributed by atoms with Crippen molar-refractivity contribution in [2.45, 2.75) is 33.6 Å². The number of aromatic nitrogens is 2. The normalized spacial score (nSPS) is 11.4. The van der Waals surface area contributed by atoms with Gasteiger partial charge in [-0.3, -0.25) is 4.79 Å². The van der Waals surface area contributed by atoms with Crippen LogP contribution in [0.25, 0.3) is 0 Å². The van der Waals surface area contributed by atoms with Gasteiger partial charge in [-0.05, 0) is 51.0 Å². The molecule has 0 aliphatic carbocycles. The van der Waals surface area contributed by atoms with Crippen molar-refractivity contribution in [3.05, 3.63) is 89.4 Å². The molecule has 0 saturated carbocycles. The molecule has 0 amide bonds. The van der Waals surface area contributed by atoms with Crippen molar-refractivity contribution in [1.82, 2.24) is 9.97 Å². The average Bonchev–Trinajstić information content (AvgIpc) is 3.11. The molecule has 1 radical (unpaired) electrons. The molecule has 135 valence electrons. The van der Waals surface area contributed by atoms with E-state index in [1.165, 1.54) is 11.1 Å². The Morgan fingerprint density at radius 2 is 1.68 bits per heavy atom. The Hall–Kier alpha value is -1.26. The van der Waals surface area contributed by atoms with Gasteiger partial charge in [-0.2, -0.15) is 0 Å². The van der Waals surface area contributed by atoms with Crippen LogP contribution in [-0.4, -0.2) is 15.8 Å². The van der Waals surface area contributed by atoms with Crippen LogP contribution < -0.4 is 0 Å². The van der Waals surface area contributed by atoms with Crippen LogP contribution in [0, 0.1) is 66.8 Å². The maximum absolute atomic E-state index is 12.0. The van der Waals surface area contributed by atoms with E-state index in [4.69, 9.17) is 0 Å². The van der Waals surface area contributed by atoms with Crippen LogP contribution in [0.3, 0.4) is 0 Å². The summed E-state index contributed by atoms with van der Waals surface area (Å²) < 4.78 is 0. The van der Waals surface area contributed by atoms with Gasteiger partial charge in [0.2, 0.25) is 0 Å². The molecule has 2 N–H and O–H groups in total. The number of carbonyl (C=O) groups excluding carboxylic acids is 1. The Balaban J connectivity index is 0.00000156. The van der Waals surface area contributed by atoms with Gasteiger partial charge < -0.3 is 17.4 Å². The number of ketones is 1. The fourth-order valence-electron chi connectivity index (χ4n) is 3.38. The third-order valence-electron chi connectivity index (χ3n) is 4.46. The van der Waals surface area contributed by atoms with E-state index in [1.54, 1.807) is 6.92 Å². The van der Waals surface area contributed by atoms with Crippen molar-refractivity contribution in [2.24, 2.45) is 0 Å². The zero-order chi connectivity index (χ0) is 16.6. The molecule has 1 unspecified atom stereocenters. The summed E-state index contributed by atoms with van der Waals surface area (Å²) in [4.78, 5) is 18.7. The third kappa shape index (κ3) is 4.29. The summed E-state index contributed by atoms with van der Waals surface area (Å²) in [6.45, 7) is 7.71. The van der Waals surface area contributed by atoms with Gasteiger partial charge in [-0.15, -0.1) is 0 Å². The van der Waals surface area contributed by atoms with Gasteiger partial charge in [0.15, 0.2) is 5.78 Å². The second-order valence-electron chi connectivity index (χ2n) is 6.19. The minimum Gasteiger partial charge on any atom is -0.364 e. The molecular formula is C21H25N2OTb-. The summed E-state index contributed by atoms with van der Waals surface area (Å²) in [5.74, 6) is 0.175. The number of hydrogen-bond acceptors (Lipinski definition) is 1. The molecule has 0 bridgehead atoms. The van der Waals surface area contributed by atoms with Crippen LogP contribution in [0.15, 0.2) is 42.6 Å². The average molecular weight is 480 g/mol. The Morgan fingerprint density at radius 1 is 1.04 bits per heavy atom. The van der Waals surface area contributed by atoms with E-state index in [2.05, 4.69) is 47.2 Å². The van der Waals surface area contributed by atoms with Crippen molar-refractivity contribution in [1.29, 1.82) is 0 Å². The second kappa shape index (κ2) is 8.90. The number of H-pyrrole nitrogens is 2. The Kier molecular flexibility index (Phi) is 7.75. The molecule has 1 atom stereocenters. The standard InChI is InChI=1S/C20H22N2O.CH3.Tb/c1-12-7-9-16(10-8-12)19(17-6-5-11-21-17)20-13(2)18(15(4)23)14(3)22-20;;/h5-11,19,21-22H,1-4H3;1H3;/q;-1;. The summed E-state index contributed by atoms with van der Waals surface area (Å²) in [5.41, 5.74) is 7.43. The van der Waals surface area contributed by atoms with Crippen LogP contribution in [0.1, 0.15) is 57.0 Å². The minimum absolute atomic E-state index is 0. The van der Waals surface area contributed by atoms with Gasteiger partial charge in [0.1, 0.15) is 0 Å². The van der Waals surface area contributed by atoms with Crippen molar-refractivity contribution in [3.63, 3.8) is 0 Å². The number of rotatable bonds is 4. The monoisotopic (exact) mass is 480 g/mol. The molecule has 0 spiro atoms. The predicted octanol–water partition coefficient (Wildman–Crippen LogP) is 5.10. The van der Waals surface area contributed by atoms with E-state index >= 15 is 0 Å². The molecular weight excluding hydrogens is 455 g/mol. The SMILES string of the molecule is CC(=O)c1c(C)[nH]c(C(c2ccc(C)cc2)c2ccc[nH]2)c1C.[CH3-].[Tb]. The third-order valence-corrected chi connectivity index (χ3v) is 4.46. The van der Waals surface area contributed by atoms with E-state index in [9.17, 15) is 4.79 Å². The summed E-state index contributed by atoms with van der Waals surface area (Å²) in [6, 6.07) is 12.7. The van der Waals surface area contributed by atoms with Gasteiger partial charge in [0.25, 0.3) is 0 Å². The van der Waals surface area contributed by atoms with Crippen molar-refractivity contribution >= 4 is 5.78 Å². The smallest absolute Gasteiger partial charge is 0.161 e. The number of hydrogen-bond donors (Lipinski definition) is 2. The van der Waals surface area contributed by atoms with E-state index in [0.29, 0.717) is 0 Å². The van der Waals surface area contributed by atoms with Crippen molar-refractivity contribution < 1.29 is 43.4 Å². The Bertz CT molecular complexity index is 830. The number of benzene rings is 1. The molecule has 2 aromatic heterocycles. The van der Waals surface area contributed by atoms with Crippen LogP contribution in [0.4, 0.5) is 0 Å². The Morgan fingerprint density at radius 3 is 2.16 bits per heavy atom. The number of aryl methyl sites for hydroxylation is 2. The number of carbonyl (C=O) groups is 1. The maximum Gasteiger partial charge on any atom is 0.161 e. The molecule has 4 heteroatoms. The van der Waals surface area contributed by atoms with E-state index in [-0.39, 0.29) is 57.7 Å². The van der Waals surface area contributed by atoms with Gasteiger partial charge in [-0.25, -0.2) is 0 Å². The topological polar surface area (TPSA) is 48.6 Å². The van der Waals surface area contributed by atoms with Gasteiger partial charge in [0, 0.05) is 67.5 Å². The fourth-order valence-corrected chi connectivity index (χ4v) is 3.38. The van der Waals surface area contributed by atoms with Gasteiger partial charge >= 0.3 is 0 Å². The van der Waals surface area contributed by atoms with Crippen LogP contribution >= 0.6 is 0 Å². The van der Waals surface area contributed by atoms with Crippen LogP contribution in [0.2, 0.25) is 0 Å². The van der Waals surface area contributed by atoms with E-state index < -0.39 is 0 Å². The first-order chi connectivity index (χ1) is 11.0. The molecule has 0 saturated heterocycles. The van der Waals surface area contributed by atoms with Crippen molar-refractivity contribution in [3.8, 4) is 0 Å². The number of aromatic amines is 2. The number of Topliss-reactive ketones (excluding diaryl/α,β-unsaturated/α-hetero) is 1. The quantitative estimate of drug-likeness (QED) is 0.396. The molecule has 3 rings (SSSR count). The largest absolute Gasteiger partial charge is 0.364 e. The minimum atomic E-state index is 0. The molecule has 2 heterocycles. The Labute approximate surface area is 181 Å². The molecule has 0 aliphatic rings. The maximum atomic E-state index is 12.0. The predicted molar refractivity (Wildman–Crippen MR) is 99.6 cm³/mol. The summed E-state index contributed by atoms with van der Waals surface area (Å²) in [6.07, 6.45) is 1.94. The zero-order valence-corrected chi connectivity index (χ0v) is 17.5. The first kappa shape index (κ1) is 21.8. The van der Waals surface area contributed by atoms with Crippen LogP contribution in [-0.2, 0) is 0 Å². The summed E-state index contributed by atoms with van der Waals surface area (Å²) in [7, 11) is 0. The molecule has 3 aromatic rings. The van der Waals surface area contributed by atoms with Crippen LogP contribution in [0.5, 0.6) is 0 Å². The zero-order valence-electron chi connectivity index (χ0n) is 15.4. The number of nitrogens with one attached hydrogen (secondary N) is 2. The molecule has 3 nitrogen and oxygen atoms in total. The summed E-state index contributed by atoms with van der Waals surface area (Å²) >= 11 is 0. The van der Waals surface area contributed by atoms with Crippen molar-refractivity contribution in [2.75, 3.05) is 0 Å². The molecule has 0 fully saturated rings. The first-order valence-corrected chi connectivity index (χ1v) is 7.89. The molecule has 0 aliphatic heterocycles. The summed E-state index contributed by atoms with van der Waals surface area (Å²) in [5, 5.41) is 0. The van der Waals surface area contributed by atoms with Gasteiger partial charge in [0.05, 0.1) is 5.92 Å². The molecule has 1 aromatic carbocycles. The first-order valence-electron chi connectivity index (χ1n) is 7.89. The van der Waals surface area contributed by atoms with E-state index in [1.807, 2.05) is 26.1 Å². The molecule has 25 heavy (non-hydrogen) atoms. The van der Waals surface area contributed by atoms with Gasteiger partial charge in [-0.1, -0.05) is 29.8 Å². The second-order valence-corrected chi connectivity index (χ2v) is 6.19. The van der Waals surface area contributed by atoms with E-state index in [0.717, 1.165) is 28.2 Å².